The Morgan fingerprint density at radius 1 is 1.09 bits per heavy atom. The molecule has 11 heavy (non-hydrogen) atoms. The molecule has 0 saturated carbocycles. The van der Waals surface area contributed by atoms with Gasteiger partial charge in [-0.3, -0.25) is 0 Å². The fourth-order valence-electron chi connectivity index (χ4n) is 1.15. The summed E-state index contributed by atoms with van der Waals surface area (Å²) >= 11 is 0. The lowest BCUT2D eigenvalue weighted by atomic mass is 10.3. The zero-order valence-corrected chi connectivity index (χ0v) is 7.68. The van der Waals surface area contributed by atoms with Crippen LogP contribution in [-0.2, 0) is 4.84 Å². The van der Waals surface area contributed by atoms with Gasteiger partial charge in [0.15, 0.2) is 0 Å². The molecule has 0 atom stereocenters. The maximum absolute atomic E-state index is 4.94. The average molecular weight is 160 g/mol. The summed E-state index contributed by atoms with van der Waals surface area (Å²) in [6.45, 7) is 8.27. The van der Waals surface area contributed by atoms with E-state index in [2.05, 4.69) is 23.6 Å². The molecule has 0 saturated heterocycles. The second-order valence-corrected chi connectivity index (χ2v) is 2.71. The molecule has 0 spiro atoms. The third kappa shape index (κ3) is 6.28. The minimum atomic E-state index is 0.639. The zero-order chi connectivity index (χ0) is 8.53. The van der Waals surface area contributed by atoms with E-state index in [1.807, 2.05) is 0 Å². The van der Waals surface area contributed by atoms with Gasteiger partial charge in [-0.2, -0.15) is 0 Å². The predicted octanol–water partition coefficient (Wildman–Crippen LogP) is 0.999. The van der Waals surface area contributed by atoms with Crippen LogP contribution < -0.4 is 5.90 Å². The Labute approximate surface area is 69.5 Å². The molecule has 0 amide bonds. The summed E-state index contributed by atoms with van der Waals surface area (Å²) in [5.41, 5.74) is 0. The topological polar surface area (TPSA) is 38.5 Å². The number of nitrogens with zero attached hydrogens (tertiary/aromatic N) is 1. The largest absolute Gasteiger partial charge is 0.303 e. The Kier molecular flexibility index (Phi) is 7.89. The maximum Gasteiger partial charge on any atom is 0.0806 e. The summed E-state index contributed by atoms with van der Waals surface area (Å²) in [5, 5.41) is 0. The van der Waals surface area contributed by atoms with E-state index in [0.717, 1.165) is 19.6 Å². The molecule has 0 aliphatic heterocycles. The van der Waals surface area contributed by atoms with Crippen LogP contribution in [0.15, 0.2) is 0 Å². The van der Waals surface area contributed by atoms with Crippen LogP contribution >= 0.6 is 0 Å². The van der Waals surface area contributed by atoms with E-state index in [1.54, 1.807) is 0 Å². The van der Waals surface area contributed by atoms with E-state index in [0.29, 0.717) is 6.61 Å². The summed E-state index contributed by atoms with van der Waals surface area (Å²) in [6.07, 6.45) is 2.40. The van der Waals surface area contributed by atoms with Crippen LogP contribution in [0.4, 0.5) is 0 Å². The average Bonchev–Trinajstić information content (AvgIpc) is 2.01. The normalized spacial score (nSPS) is 10.9. The van der Waals surface area contributed by atoms with Gasteiger partial charge in [-0.05, 0) is 25.9 Å². The van der Waals surface area contributed by atoms with Gasteiger partial charge in [0.05, 0.1) is 6.61 Å². The maximum atomic E-state index is 4.94. The van der Waals surface area contributed by atoms with Crippen molar-refractivity contribution in [3.63, 3.8) is 0 Å². The van der Waals surface area contributed by atoms with Gasteiger partial charge in [0, 0.05) is 6.54 Å². The van der Waals surface area contributed by atoms with Gasteiger partial charge in [0.2, 0.25) is 0 Å². The van der Waals surface area contributed by atoms with Crippen molar-refractivity contribution in [2.45, 2.75) is 26.7 Å². The molecule has 3 heteroatoms. The Bertz CT molecular complexity index is 72.5. The summed E-state index contributed by atoms with van der Waals surface area (Å²) in [7, 11) is 0. The molecule has 0 heterocycles. The zero-order valence-electron chi connectivity index (χ0n) is 7.68. The van der Waals surface area contributed by atoms with E-state index in [-0.39, 0.29) is 0 Å². The summed E-state index contributed by atoms with van der Waals surface area (Å²) < 4.78 is 0. The standard InChI is InChI=1S/C8H20N2O/c1-3-5-10(6-4-2)7-8-11-9/h3-9H2,1-2H3. The van der Waals surface area contributed by atoms with E-state index >= 15 is 0 Å². The molecule has 0 rings (SSSR count). The second kappa shape index (κ2) is 7.98. The highest BCUT2D eigenvalue weighted by molar-refractivity contribution is 4.54. The monoisotopic (exact) mass is 160 g/mol. The van der Waals surface area contributed by atoms with Crippen molar-refractivity contribution >= 4 is 0 Å². The van der Waals surface area contributed by atoms with Crippen molar-refractivity contribution in [3.05, 3.63) is 0 Å². The van der Waals surface area contributed by atoms with Crippen molar-refractivity contribution in [2.24, 2.45) is 5.90 Å². The van der Waals surface area contributed by atoms with Crippen LogP contribution in [0.3, 0.4) is 0 Å². The second-order valence-electron chi connectivity index (χ2n) is 2.71. The Balaban J connectivity index is 3.34. The smallest absolute Gasteiger partial charge is 0.0806 e. The number of nitrogens with two attached hydrogens (primary N) is 1. The van der Waals surface area contributed by atoms with Crippen molar-refractivity contribution in [2.75, 3.05) is 26.2 Å². The molecule has 0 aliphatic rings. The fourth-order valence-corrected chi connectivity index (χ4v) is 1.15. The molecule has 68 valence electrons. The molecule has 2 N–H and O–H groups in total. The number of rotatable bonds is 7. The molecular weight excluding hydrogens is 140 g/mol. The quantitative estimate of drug-likeness (QED) is 0.565. The Hall–Kier alpha value is -0.120. The Morgan fingerprint density at radius 3 is 2.00 bits per heavy atom. The summed E-state index contributed by atoms with van der Waals surface area (Å²) in [4.78, 5) is 6.89. The van der Waals surface area contributed by atoms with Crippen LogP contribution in [0.2, 0.25) is 0 Å². The Morgan fingerprint density at radius 2 is 1.64 bits per heavy atom. The first-order chi connectivity index (χ1) is 5.35. The molecule has 0 aliphatic carbocycles. The van der Waals surface area contributed by atoms with Gasteiger partial charge in [-0.15, -0.1) is 0 Å². The van der Waals surface area contributed by atoms with Gasteiger partial charge < -0.3 is 9.74 Å². The van der Waals surface area contributed by atoms with Gasteiger partial charge in [0.1, 0.15) is 0 Å². The molecule has 0 unspecified atom stereocenters. The molecule has 0 bridgehead atoms. The van der Waals surface area contributed by atoms with Crippen molar-refractivity contribution in [1.82, 2.24) is 4.90 Å². The highest BCUT2D eigenvalue weighted by Crippen LogP contribution is 1.92. The molecule has 3 nitrogen and oxygen atoms in total. The minimum Gasteiger partial charge on any atom is -0.303 e. The first-order valence-electron chi connectivity index (χ1n) is 4.39. The van der Waals surface area contributed by atoms with Gasteiger partial charge in [0.25, 0.3) is 0 Å². The van der Waals surface area contributed by atoms with Gasteiger partial charge in [-0.1, -0.05) is 13.8 Å². The van der Waals surface area contributed by atoms with Crippen LogP contribution in [0.1, 0.15) is 26.7 Å². The summed E-state index contributed by atoms with van der Waals surface area (Å²) in [5.74, 6) is 4.94. The van der Waals surface area contributed by atoms with Gasteiger partial charge >= 0.3 is 0 Å². The molecule has 0 aromatic carbocycles. The number of hydrogen-bond donors (Lipinski definition) is 1. The van der Waals surface area contributed by atoms with Gasteiger partial charge in [-0.25, -0.2) is 5.90 Å². The SMILES string of the molecule is CCCN(CCC)CCON. The molecule has 0 radical (unpaired) electrons. The summed E-state index contributed by atoms with van der Waals surface area (Å²) in [6, 6.07) is 0. The fraction of sp³-hybridized carbons (Fsp3) is 1.00. The molecule has 0 aromatic heterocycles. The third-order valence-corrected chi connectivity index (χ3v) is 1.61. The van der Waals surface area contributed by atoms with Crippen LogP contribution in [0.25, 0.3) is 0 Å². The van der Waals surface area contributed by atoms with Crippen molar-refractivity contribution in [3.8, 4) is 0 Å². The van der Waals surface area contributed by atoms with Crippen LogP contribution in [0, 0.1) is 0 Å². The lowest BCUT2D eigenvalue weighted by Crippen LogP contribution is -2.29. The highest BCUT2D eigenvalue weighted by atomic mass is 16.6. The van der Waals surface area contributed by atoms with Crippen LogP contribution in [0.5, 0.6) is 0 Å². The number of hydrogen-bond acceptors (Lipinski definition) is 3. The first-order valence-corrected chi connectivity index (χ1v) is 4.39. The molecule has 0 aromatic rings. The third-order valence-electron chi connectivity index (χ3n) is 1.61. The van der Waals surface area contributed by atoms with E-state index in [1.165, 1.54) is 12.8 Å². The lowest BCUT2D eigenvalue weighted by Gasteiger charge is -2.19. The van der Waals surface area contributed by atoms with E-state index in [4.69, 9.17) is 5.90 Å². The first kappa shape index (κ1) is 10.9. The van der Waals surface area contributed by atoms with E-state index in [9.17, 15) is 0 Å². The highest BCUT2D eigenvalue weighted by Gasteiger charge is 2.00. The molecule has 0 fully saturated rings. The lowest BCUT2D eigenvalue weighted by molar-refractivity contribution is 0.105. The van der Waals surface area contributed by atoms with Crippen LogP contribution in [-0.4, -0.2) is 31.1 Å². The molecular formula is C8H20N2O. The van der Waals surface area contributed by atoms with Crippen molar-refractivity contribution < 1.29 is 4.84 Å². The van der Waals surface area contributed by atoms with Crippen molar-refractivity contribution in [1.29, 1.82) is 0 Å². The predicted molar refractivity (Wildman–Crippen MR) is 47.2 cm³/mol. The minimum absolute atomic E-state index is 0.639. The van der Waals surface area contributed by atoms with E-state index < -0.39 is 0 Å².